The second kappa shape index (κ2) is 8.78. The third-order valence-corrected chi connectivity index (χ3v) is 7.84. The zero-order valence-electron chi connectivity index (χ0n) is 18.8. The van der Waals surface area contributed by atoms with Crippen molar-refractivity contribution < 1.29 is 19.5 Å². The van der Waals surface area contributed by atoms with Gasteiger partial charge in [-0.05, 0) is 50.7 Å². The lowest BCUT2D eigenvalue weighted by atomic mass is 9.87. The van der Waals surface area contributed by atoms with Crippen LogP contribution >= 0.6 is 0 Å². The number of hydrogen-bond acceptors (Lipinski definition) is 5. The molecule has 33 heavy (non-hydrogen) atoms. The van der Waals surface area contributed by atoms with Gasteiger partial charge in [-0.15, -0.1) is 0 Å². The molecule has 176 valence electrons. The quantitative estimate of drug-likeness (QED) is 0.640. The molecule has 2 aromatic rings. The normalized spacial score (nSPS) is 23.8. The molecule has 9 heteroatoms. The number of benzene rings is 1. The molecular weight excluding hydrogens is 422 g/mol. The molecule has 1 aromatic carbocycles. The number of hydrogen-bond donors (Lipinski definition) is 3. The van der Waals surface area contributed by atoms with Crippen LogP contribution in [0.3, 0.4) is 0 Å². The first-order chi connectivity index (χ1) is 16.0. The van der Waals surface area contributed by atoms with Crippen LogP contribution < -0.4 is 5.32 Å². The molecule has 3 heterocycles. The average Bonchev–Trinajstić information content (AvgIpc) is 3.60. The molecule has 1 atom stereocenters. The monoisotopic (exact) mass is 453 g/mol. The summed E-state index contributed by atoms with van der Waals surface area (Å²) in [7, 11) is 0. The van der Waals surface area contributed by atoms with Gasteiger partial charge in [-0.1, -0.05) is 18.9 Å². The molecule has 0 radical (unpaired) electrons. The van der Waals surface area contributed by atoms with Crippen LogP contribution in [-0.2, 0) is 14.4 Å². The Hall–Kier alpha value is -2.94. The molecule has 1 saturated carbocycles. The van der Waals surface area contributed by atoms with Crippen molar-refractivity contribution in [1.82, 2.24) is 20.0 Å². The van der Waals surface area contributed by atoms with Gasteiger partial charge in [-0.25, -0.2) is 0 Å². The highest BCUT2D eigenvalue weighted by atomic mass is 16.4. The maximum Gasteiger partial charge on any atom is 0.306 e. The number of nitrogens with one attached hydrogen (secondary N) is 2. The van der Waals surface area contributed by atoms with E-state index in [0.717, 1.165) is 43.0 Å². The average molecular weight is 454 g/mol. The van der Waals surface area contributed by atoms with Gasteiger partial charge in [0.25, 0.3) is 0 Å². The van der Waals surface area contributed by atoms with E-state index in [-0.39, 0.29) is 17.7 Å². The van der Waals surface area contributed by atoms with Crippen LogP contribution in [0.1, 0.15) is 51.4 Å². The fourth-order valence-corrected chi connectivity index (χ4v) is 6.02. The predicted molar refractivity (Wildman–Crippen MR) is 123 cm³/mol. The number of carbonyl (C=O) groups is 3. The zero-order valence-corrected chi connectivity index (χ0v) is 18.8. The van der Waals surface area contributed by atoms with Crippen LogP contribution in [-0.4, -0.2) is 74.1 Å². The van der Waals surface area contributed by atoms with Crippen LogP contribution in [0.4, 0.5) is 5.69 Å². The van der Waals surface area contributed by atoms with Crippen LogP contribution in [0.15, 0.2) is 24.4 Å². The first-order valence-corrected chi connectivity index (χ1v) is 12.0. The number of aliphatic carboxylic acids is 1. The fourth-order valence-electron chi connectivity index (χ4n) is 6.02. The minimum Gasteiger partial charge on any atom is -0.481 e. The first-order valence-electron chi connectivity index (χ1n) is 12.0. The van der Waals surface area contributed by atoms with Crippen molar-refractivity contribution in [2.45, 2.75) is 62.9 Å². The molecule has 3 fully saturated rings. The molecule has 0 spiro atoms. The summed E-state index contributed by atoms with van der Waals surface area (Å²) in [6, 6.07) is 5.12. The number of aromatic nitrogens is 2. The third kappa shape index (κ3) is 3.88. The number of carbonyl (C=O) groups excluding carboxylic acids is 2. The highest BCUT2D eigenvalue weighted by Crippen LogP contribution is 2.40. The second-order valence-corrected chi connectivity index (χ2v) is 9.62. The summed E-state index contributed by atoms with van der Waals surface area (Å²) in [5.74, 6) is -1.18. The predicted octanol–water partition coefficient (Wildman–Crippen LogP) is 2.60. The number of nitrogens with zero attached hydrogens (tertiary/aromatic N) is 3. The van der Waals surface area contributed by atoms with Gasteiger partial charge >= 0.3 is 5.97 Å². The third-order valence-electron chi connectivity index (χ3n) is 7.84. The number of H-pyrrole nitrogens is 1. The summed E-state index contributed by atoms with van der Waals surface area (Å²) in [4.78, 5) is 42.7. The van der Waals surface area contributed by atoms with Crippen LogP contribution in [0.5, 0.6) is 0 Å². The number of piperidine rings is 1. The Morgan fingerprint density at radius 3 is 2.55 bits per heavy atom. The van der Waals surface area contributed by atoms with Crippen LogP contribution in [0.25, 0.3) is 10.9 Å². The van der Waals surface area contributed by atoms with E-state index in [9.17, 15) is 19.5 Å². The Kier molecular flexibility index (Phi) is 5.82. The Morgan fingerprint density at radius 1 is 1.06 bits per heavy atom. The van der Waals surface area contributed by atoms with E-state index in [4.69, 9.17) is 0 Å². The standard InChI is InChI=1S/C24H31N5O4/c30-21(26-18-5-3-6-19-17(18)15-25-27-19)20-7-4-12-29(20)23(33)24(10-1-2-11-24)28-13-8-16(9-14-28)22(31)32/h3,5-6,15-16,20H,1-2,4,7-14H2,(H,25,27)(H,26,30)(H,31,32)/t20-/m1/s1. The van der Waals surface area contributed by atoms with Gasteiger partial charge in [0.05, 0.1) is 23.3 Å². The van der Waals surface area contributed by atoms with E-state index in [2.05, 4.69) is 20.4 Å². The van der Waals surface area contributed by atoms with E-state index in [1.807, 2.05) is 18.2 Å². The Balaban J connectivity index is 1.33. The van der Waals surface area contributed by atoms with Crippen molar-refractivity contribution in [1.29, 1.82) is 0 Å². The molecule has 3 N–H and O–H groups in total. The maximum absolute atomic E-state index is 14.0. The second-order valence-electron chi connectivity index (χ2n) is 9.62. The maximum atomic E-state index is 14.0. The largest absolute Gasteiger partial charge is 0.481 e. The smallest absolute Gasteiger partial charge is 0.306 e. The van der Waals surface area contributed by atoms with E-state index in [1.165, 1.54) is 0 Å². The number of fused-ring (bicyclic) bond motifs is 1. The van der Waals surface area contributed by atoms with E-state index in [0.29, 0.717) is 44.6 Å². The summed E-state index contributed by atoms with van der Waals surface area (Å²) >= 11 is 0. The minimum atomic E-state index is -0.745. The molecule has 1 aromatic heterocycles. The highest BCUT2D eigenvalue weighted by molar-refractivity contribution is 6.04. The molecule has 2 saturated heterocycles. The van der Waals surface area contributed by atoms with Gasteiger partial charge in [0.2, 0.25) is 11.8 Å². The van der Waals surface area contributed by atoms with Gasteiger partial charge in [-0.2, -0.15) is 5.10 Å². The summed E-state index contributed by atoms with van der Waals surface area (Å²) in [5.41, 5.74) is 0.940. The van der Waals surface area contributed by atoms with E-state index < -0.39 is 17.6 Å². The van der Waals surface area contributed by atoms with E-state index >= 15 is 0 Å². The molecule has 2 aliphatic heterocycles. The minimum absolute atomic E-state index is 0.0490. The fraction of sp³-hybridized carbons (Fsp3) is 0.583. The lowest BCUT2D eigenvalue weighted by Gasteiger charge is -2.45. The van der Waals surface area contributed by atoms with Gasteiger partial charge in [0, 0.05) is 25.0 Å². The van der Waals surface area contributed by atoms with E-state index in [1.54, 1.807) is 11.1 Å². The zero-order chi connectivity index (χ0) is 23.0. The Bertz CT molecular complexity index is 1050. The summed E-state index contributed by atoms with van der Waals surface area (Å²) in [5, 5.41) is 20.2. The van der Waals surface area contributed by atoms with Crippen molar-refractivity contribution in [2.24, 2.45) is 5.92 Å². The van der Waals surface area contributed by atoms with Gasteiger partial charge in [-0.3, -0.25) is 24.4 Å². The van der Waals surface area contributed by atoms with Crippen molar-refractivity contribution in [3.05, 3.63) is 24.4 Å². The topological polar surface area (TPSA) is 119 Å². The molecule has 0 bridgehead atoms. The number of amides is 2. The molecule has 2 amide bonds. The summed E-state index contributed by atoms with van der Waals surface area (Å²) in [6.07, 6.45) is 7.82. The number of carboxylic acid groups (broad SMARTS) is 1. The van der Waals surface area contributed by atoms with Crippen molar-refractivity contribution in [3.63, 3.8) is 0 Å². The summed E-state index contributed by atoms with van der Waals surface area (Å²) < 4.78 is 0. The molecule has 9 nitrogen and oxygen atoms in total. The Morgan fingerprint density at radius 2 is 1.82 bits per heavy atom. The SMILES string of the molecule is O=C(O)C1CCN(C2(C(=O)N3CCC[C@@H]3C(=O)Nc3cccc4[nH]ncc34)CCCC2)CC1. The lowest BCUT2D eigenvalue weighted by molar-refractivity contribution is -0.151. The van der Waals surface area contributed by atoms with Crippen molar-refractivity contribution >= 4 is 34.4 Å². The van der Waals surface area contributed by atoms with Gasteiger partial charge < -0.3 is 15.3 Å². The molecule has 5 rings (SSSR count). The van der Waals surface area contributed by atoms with Crippen LogP contribution in [0, 0.1) is 5.92 Å². The Labute approximate surface area is 192 Å². The van der Waals surface area contributed by atoms with Crippen molar-refractivity contribution in [2.75, 3.05) is 25.0 Å². The number of rotatable bonds is 5. The number of likely N-dealkylation sites (tertiary alicyclic amines) is 2. The number of aromatic amines is 1. The molecule has 1 aliphatic carbocycles. The van der Waals surface area contributed by atoms with Crippen LogP contribution in [0.2, 0.25) is 0 Å². The van der Waals surface area contributed by atoms with Gasteiger partial charge in [0.15, 0.2) is 0 Å². The number of anilines is 1. The summed E-state index contributed by atoms with van der Waals surface area (Å²) in [6.45, 7) is 1.83. The molecular formula is C24H31N5O4. The lowest BCUT2D eigenvalue weighted by Crippen LogP contribution is -2.61. The first kappa shape index (κ1) is 21.9. The highest BCUT2D eigenvalue weighted by Gasteiger charge is 2.51. The molecule has 0 unspecified atom stereocenters. The number of carboxylic acids is 1. The molecule has 3 aliphatic rings. The van der Waals surface area contributed by atoms with Gasteiger partial charge in [0.1, 0.15) is 11.6 Å². The van der Waals surface area contributed by atoms with Crippen molar-refractivity contribution in [3.8, 4) is 0 Å².